The number of carbonyl (C=O) groups excluding carboxylic acids is 1. The Morgan fingerprint density at radius 2 is 2.26 bits per heavy atom. The van der Waals surface area contributed by atoms with E-state index in [0.29, 0.717) is 31.0 Å². The molecule has 2 heterocycles. The van der Waals surface area contributed by atoms with Gasteiger partial charge in [0.1, 0.15) is 0 Å². The minimum Gasteiger partial charge on any atom is -0.379 e. The molecule has 3 rings (SSSR count). The number of aliphatic hydroxyl groups is 1. The third kappa shape index (κ3) is 3.61. The van der Waals surface area contributed by atoms with Gasteiger partial charge in [-0.05, 0) is 36.6 Å². The standard InChI is InChI=1S/C16H20F2N2O2S/c17-13-2-1-12(7-14(13)18)20-5-3-11(9-20)8-19-15(21)16(22)4-6-23-10-16/h1-2,7,11,22H,3-6,8-10H2,(H,19,21). The second kappa shape index (κ2) is 6.65. The molecular weight excluding hydrogens is 322 g/mol. The van der Waals surface area contributed by atoms with Crippen LogP contribution < -0.4 is 10.2 Å². The van der Waals surface area contributed by atoms with Gasteiger partial charge < -0.3 is 15.3 Å². The van der Waals surface area contributed by atoms with Crippen molar-refractivity contribution in [1.82, 2.24) is 5.32 Å². The van der Waals surface area contributed by atoms with E-state index >= 15 is 0 Å². The van der Waals surface area contributed by atoms with Crippen molar-refractivity contribution in [2.75, 3.05) is 36.0 Å². The molecule has 2 atom stereocenters. The fourth-order valence-electron chi connectivity index (χ4n) is 3.05. The van der Waals surface area contributed by atoms with E-state index in [9.17, 15) is 18.7 Å². The summed E-state index contributed by atoms with van der Waals surface area (Å²) < 4.78 is 26.3. The molecule has 23 heavy (non-hydrogen) atoms. The predicted molar refractivity (Wildman–Crippen MR) is 86.6 cm³/mol. The Hall–Kier alpha value is -1.34. The average Bonchev–Trinajstić information content (AvgIpc) is 3.17. The molecule has 7 heteroatoms. The molecule has 0 aromatic heterocycles. The smallest absolute Gasteiger partial charge is 0.252 e. The van der Waals surface area contributed by atoms with Crippen molar-refractivity contribution in [3.05, 3.63) is 29.8 Å². The predicted octanol–water partition coefficient (Wildman–Crippen LogP) is 1.78. The van der Waals surface area contributed by atoms with Gasteiger partial charge in [0.25, 0.3) is 5.91 Å². The highest BCUT2D eigenvalue weighted by molar-refractivity contribution is 7.99. The van der Waals surface area contributed by atoms with E-state index < -0.39 is 17.2 Å². The quantitative estimate of drug-likeness (QED) is 0.876. The lowest BCUT2D eigenvalue weighted by molar-refractivity contribution is -0.137. The molecule has 2 aliphatic heterocycles. The van der Waals surface area contributed by atoms with Gasteiger partial charge in [0, 0.05) is 37.1 Å². The van der Waals surface area contributed by atoms with E-state index in [4.69, 9.17) is 0 Å². The fourth-order valence-corrected chi connectivity index (χ4v) is 4.29. The van der Waals surface area contributed by atoms with Crippen molar-refractivity contribution >= 4 is 23.4 Å². The zero-order valence-electron chi connectivity index (χ0n) is 12.7. The summed E-state index contributed by atoms with van der Waals surface area (Å²) in [6.07, 6.45) is 1.36. The first-order valence-electron chi connectivity index (χ1n) is 7.76. The number of carbonyl (C=O) groups is 1. The number of halogens is 2. The van der Waals surface area contributed by atoms with E-state index in [0.717, 1.165) is 24.8 Å². The largest absolute Gasteiger partial charge is 0.379 e. The van der Waals surface area contributed by atoms with Crippen molar-refractivity contribution in [2.45, 2.75) is 18.4 Å². The number of hydrogen-bond donors (Lipinski definition) is 2. The van der Waals surface area contributed by atoms with Crippen LogP contribution in [0.5, 0.6) is 0 Å². The van der Waals surface area contributed by atoms with Gasteiger partial charge >= 0.3 is 0 Å². The number of nitrogens with one attached hydrogen (secondary N) is 1. The maximum Gasteiger partial charge on any atom is 0.252 e. The highest BCUT2D eigenvalue weighted by Crippen LogP contribution is 2.28. The van der Waals surface area contributed by atoms with Crippen LogP contribution in [0.1, 0.15) is 12.8 Å². The molecule has 1 aromatic rings. The maximum atomic E-state index is 13.3. The molecular formula is C16H20F2N2O2S. The lowest BCUT2D eigenvalue weighted by Gasteiger charge is -2.22. The summed E-state index contributed by atoms with van der Waals surface area (Å²) in [5.74, 6) is -0.500. The second-order valence-corrected chi connectivity index (χ2v) is 7.35. The highest BCUT2D eigenvalue weighted by Gasteiger charge is 2.39. The lowest BCUT2D eigenvalue weighted by Crippen LogP contribution is -2.48. The topological polar surface area (TPSA) is 52.6 Å². The molecule has 126 valence electrons. The van der Waals surface area contributed by atoms with Crippen LogP contribution in [0.2, 0.25) is 0 Å². The number of hydrogen-bond acceptors (Lipinski definition) is 4. The molecule has 0 bridgehead atoms. The number of anilines is 1. The Morgan fingerprint density at radius 3 is 2.96 bits per heavy atom. The first-order valence-corrected chi connectivity index (χ1v) is 8.92. The summed E-state index contributed by atoms with van der Waals surface area (Å²) in [6, 6.07) is 3.90. The van der Waals surface area contributed by atoms with E-state index in [1.807, 2.05) is 4.90 Å². The Balaban J connectivity index is 1.52. The van der Waals surface area contributed by atoms with Crippen molar-refractivity contribution in [1.29, 1.82) is 0 Å². The van der Waals surface area contributed by atoms with Crippen molar-refractivity contribution in [3.63, 3.8) is 0 Å². The first-order chi connectivity index (χ1) is 11.0. The van der Waals surface area contributed by atoms with Gasteiger partial charge in [-0.1, -0.05) is 0 Å². The second-order valence-electron chi connectivity index (χ2n) is 6.24. The van der Waals surface area contributed by atoms with Crippen LogP contribution in [0.3, 0.4) is 0 Å². The van der Waals surface area contributed by atoms with E-state index in [1.54, 1.807) is 17.8 Å². The molecule has 0 spiro atoms. The van der Waals surface area contributed by atoms with Crippen LogP contribution in [0.4, 0.5) is 14.5 Å². The normalized spacial score (nSPS) is 27.4. The van der Waals surface area contributed by atoms with Crippen LogP contribution in [0.15, 0.2) is 18.2 Å². The third-order valence-corrected chi connectivity index (χ3v) is 5.70. The molecule has 0 saturated carbocycles. The Bertz CT molecular complexity index is 593. The zero-order valence-corrected chi connectivity index (χ0v) is 13.5. The van der Waals surface area contributed by atoms with Crippen LogP contribution >= 0.6 is 11.8 Å². The molecule has 2 aliphatic rings. The maximum absolute atomic E-state index is 13.3. The summed E-state index contributed by atoms with van der Waals surface area (Å²) in [5, 5.41) is 13.0. The van der Waals surface area contributed by atoms with Gasteiger partial charge in [0.05, 0.1) is 0 Å². The Morgan fingerprint density at radius 1 is 1.43 bits per heavy atom. The van der Waals surface area contributed by atoms with Crippen molar-refractivity contribution < 1.29 is 18.7 Å². The molecule has 4 nitrogen and oxygen atoms in total. The van der Waals surface area contributed by atoms with Crippen molar-refractivity contribution in [3.8, 4) is 0 Å². The zero-order chi connectivity index (χ0) is 16.4. The molecule has 2 unspecified atom stereocenters. The number of thioether (sulfide) groups is 1. The Kier molecular flexibility index (Phi) is 4.77. The van der Waals surface area contributed by atoms with Gasteiger partial charge in [-0.25, -0.2) is 8.78 Å². The van der Waals surface area contributed by atoms with Gasteiger partial charge in [0.15, 0.2) is 17.2 Å². The molecule has 2 N–H and O–H groups in total. The highest BCUT2D eigenvalue weighted by atomic mass is 32.2. The molecule has 0 radical (unpaired) electrons. The number of nitrogens with zero attached hydrogens (tertiary/aromatic N) is 1. The molecule has 1 amide bonds. The average molecular weight is 342 g/mol. The summed E-state index contributed by atoms with van der Waals surface area (Å²) in [7, 11) is 0. The van der Waals surface area contributed by atoms with Crippen LogP contribution in [0.25, 0.3) is 0 Å². The third-order valence-electron chi connectivity index (χ3n) is 4.53. The summed E-state index contributed by atoms with van der Waals surface area (Å²) in [4.78, 5) is 14.1. The Labute approximate surface area is 138 Å². The lowest BCUT2D eigenvalue weighted by atomic mass is 10.0. The van der Waals surface area contributed by atoms with Gasteiger partial charge in [-0.3, -0.25) is 4.79 Å². The van der Waals surface area contributed by atoms with E-state index in [1.165, 1.54) is 6.07 Å². The van der Waals surface area contributed by atoms with Crippen LogP contribution in [-0.4, -0.2) is 47.8 Å². The van der Waals surface area contributed by atoms with Gasteiger partial charge in [-0.15, -0.1) is 0 Å². The van der Waals surface area contributed by atoms with Crippen LogP contribution in [0, 0.1) is 17.6 Å². The number of amides is 1. The minimum absolute atomic E-state index is 0.240. The van der Waals surface area contributed by atoms with Gasteiger partial charge in [-0.2, -0.15) is 11.8 Å². The van der Waals surface area contributed by atoms with E-state index in [2.05, 4.69) is 5.32 Å². The SMILES string of the molecule is O=C(NCC1CCN(c2ccc(F)c(F)c2)C1)C1(O)CCSC1. The molecule has 2 fully saturated rings. The van der Waals surface area contributed by atoms with Crippen molar-refractivity contribution in [2.24, 2.45) is 5.92 Å². The summed E-state index contributed by atoms with van der Waals surface area (Å²) >= 11 is 1.58. The summed E-state index contributed by atoms with van der Waals surface area (Å²) in [6.45, 7) is 1.91. The minimum atomic E-state index is -1.23. The number of benzene rings is 1. The number of rotatable bonds is 4. The first kappa shape index (κ1) is 16.5. The molecule has 1 aromatic carbocycles. The van der Waals surface area contributed by atoms with Gasteiger partial charge in [0.2, 0.25) is 0 Å². The summed E-state index contributed by atoms with van der Waals surface area (Å²) in [5.41, 5.74) is -0.577. The van der Waals surface area contributed by atoms with Crippen LogP contribution in [-0.2, 0) is 4.79 Å². The molecule has 2 saturated heterocycles. The van der Waals surface area contributed by atoms with E-state index in [-0.39, 0.29) is 11.8 Å². The fraction of sp³-hybridized carbons (Fsp3) is 0.562. The molecule has 0 aliphatic carbocycles. The monoisotopic (exact) mass is 342 g/mol.